The first-order chi connectivity index (χ1) is 16.0. The van der Waals surface area contributed by atoms with Crippen LogP contribution in [-0.2, 0) is 0 Å². The van der Waals surface area contributed by atoms with Crippen LogP contribution in [0.25, 0.3) is 0 Å². The number of hydrogen-bond acceptors (Lipinski definition) is 3. The van der Waals surface area contributed by atoms with E-state index in [1.165, 1.54) is 96.0 Å². The van der Waals surface area contributed by atoms with Gasteiger partial charge < -0.3 is 15.1 Å². The fourth-order valence-corrected chi connectivity index (χ4v) is 6.10. The molecule has 1 aromatic rings. The first-order valence-corrected chi connectivity index (χ1v) is 14.3. The van der Waals surface area contributed by atoms with Crippen LogP contribution in [0.15, 0.2) is 30.3 Å². The Hall–Kier alpha value is -1.06. The summed E-state index contributed by atoms with van der Waals surface area (Å²) in [6.45, 7) is 17.6. The van der Waals surface area contributed by atoms with E-state index in [0.717, 1.165) is 18.1 Å². The van der Waals surface area contributed by atoms with Gasteiger partial charge in [0.1, 0.15) is 0 Å². The number of benzene rings is 1. The van der Waals surface area contributed by atoms with Crippen molar-refractivity contribution < 1.29 is 0 Å². The molecule has 3 atom stereocenters. The zero-order valence-electron chi connectivity index (χ0n) is 22.9. The second-order valence-electron chi connectivity index (χ2n) is 10.7. The van der Waals surface area contributed by atoms with E-state index in [1.54, 1.807) is 0 Å². The maximum absolute atomic E-state index is 3.48. The zero-order valence-corrected chi connectivity index (χ0v) is 22.9. The molecule has 3 fully saturated rings. The molecule has 3 heteroatoms. The molecule has 3 aliphatic rings. The Labute approximate surface area is 206 Å². The Bertz CT molecular complexity index is 604. The lowest BCUT2D eigenvalue weighted by Gasteiger charge is -2.48. The van der Waals surface area contributed by atoms with Crippen molar-refractivity contribution in [1.82, 2.24) is 10.2 Å². The molecular formula is C30H55N3. The van der Waals surface area contributed by atoms with Crippen molar-refractivity contribution in [3.8, 4) is 0 Å². The van der Waals surface area contributed by atoms with Gasteiger partial charge in [-0.25, -0.2) is 0 Å². The van der Waals surface area contributed by atoms with Crippen molar-refractivity contribution in [1.29, 1.82) is 0 Å². The van der Waals surface area contributed by atoms with Crippen LogP contribution in [0, 0.1) is 0 Å². The van der Waals surface area contributed by atoms with E-state index in [0.29, 0.717) is 5.54 Å². The van der Waals surface area contributed by atoms with Crippen LogP contribution in [-0.4, -0.2) is 48.2 Å². The topological polar surface area (TPSA) is 18.5 Å². The van der Waals surface area contributed by atoms with Crippen molar-refractivity contribution in [3.05, 3.63) is 30.3 Å². The summed E-state index contributed by atoms with van der Waals surface area (Å²) in [6, 6.07) is 13.3. The van der Waals surface area contributed by atoms with Crippen molar-refractivity contribution in [2.45, 2.75) is 136 Å². The molecule has 0 amide bonds. The second-order valence-corrected chi connectivity index (χ2v) is 10.7. The summed E-state index contributed by atoms with van der Waals surface area (Å²) >= 11 is 0. The predicted octanol–water partition coefficient (Wildman–Crippen LogP) is 7.65. The standard InChI is InChI=1S/C15H23N.C8H17N.C7H15N/c1-3-15(4-2)12-8-9-13-16(15)14-10-6-5-7-11-14;1-3-9-7-5-4-6-8(9)2;1-6-4-3-5-7(2)8-6/h5-7,10-11H,3-4,8-9,12-13H2,1-2H3;8H,3-7H2,1-2H3;6-8H,3-5H2,1-2H3. The number of nitrogens with zero attached hydrogens (tertiary/aromatic N) is 2. The van der Waals surface area contributed by atoms with Crippen LogP contribution < -0.4 is 10.2 Å². The van der Waals surface area contributed by atoms with E-state index in [1.807, 2.05) is 0 Å². The van der Waals surface area contributed by atoms with Crippen LogP contribution in [0.2, 0.25) is 0 Å². The Balaban J connectivity index is 0.000000192. The molecule has 0 bridgehead atoms. The maximum Gasteiger partial charge on any atom is 0.0397 e. The van der Waals surface area contributed by atoms with Gasteiger partial charge in [0, 0.05) is 35.9 Å². The van der Waals surface area contributed by atoms with Crippen LogP contribution in [0.4, 0.5) is 5.69 Å². The van der Waals surface area contributed by atoms with Gasteiger partial charge in [0.25, 0.3) is 0 Å². The highest BCUT2D eigenvalue weighted by molar-refractivity contribution is 5.49. The fraction of sp³-hybridized carbons (Fsp3) is 0.800. The summed E-state index contributed by atoms with van der Waals surface area (Å²) < 4.78 is 0. The summed E-state index contributed by atoms with van der Waals surface area (Å²) in [4.78, 5) is 5.21. The smallest absolute Gasteiger partial charge is 0.0397 e. The molecule has 3 saturated heterocycles. The normalized spacial score (nSPS) is 27.6. The summed E-state index contributed by atoms with van der Waals surface area (Å²) in [6.07, 6.45) is 15.0. The molecule has 0 aliphatic carbocycles. The third-order valence-electron chi connectivity index (χ3n) is 8.42. The first kappa shape index (κ1) is 28.2. The number of rotatable bonds is 4. The Morgan fingerprint density at radius 3 is 1.91 bits per heavy atom. The number of hydrogen-bond donors (Lipinski definition) is 1. The number of piperidine rings is 3. The van der Waals surface area contributed by atoms with E-state index >= 15 is 0 Å². The molecule has 3 nitrogen and oxygen atoms in total. The minimum absolute atomic E-state index is 0.416. The fourth-order valence-electron chi connectivity index (χ4n) is 6.10. The molecule has 0 aromatic heterocycles. The monoisotopic (exact) mass is 457 g/mol. The van der Waals surface area contributed by atoms with E-state index in [4.69, 9.17) is 0 Å². The number of para-hydroxylation sites is 1. The molecule has 0 radical (unpaired) electrons. The molecular weight excluding hydrogens is 402 g/mol. The van der Waals surface area contributed by atoms with Gasteiger partial charge in [0.2, 0.25) is 0 Å². The molecule has 3 unspecified atom stereocenters. The molecule has 0 saturated carbocycles. The third-order valence-corrected chi connectivity index (χ3v) is 8.42. The molecule has 1 N–H and O–H groups in total. The lowest BCUT2D eigenvalue weighted by atomic mass is 9.81. The van der Waals surface area contributed by atoms with E-state index in [2.05, 4.69) is 87.0 Å². The lowest BCUT2D eigenvalue weighted by Crippen LogP contribution is -2.51. The van der Waals surface area contributed by atoms with Crippen molar-refractivity contribution >= 4 is 5.69 Å². The van der Waals surface area contributed by atoms with Gasteiger partial charge in [0.05, 0.1) is 0 Å². The zero-order chi connectivity index (χ0) is 24.1. The summed E-state index contributed by atoms with van der Waals surface area (Å²) in [7, 11) is 0. The van der Waals surface area contributed by atoms with E-state index in [9.17, 15) is 0 Å². The van der Waals surface area contributed by atoms with Crippen molar-refractivity contribution in [3.63, 3.8) is 0 Å². The quantitative estimate of drug-likeness (QED) is 0.501. The van der Waals surface area contributed by atoms with Crippen LogP contribution in [0.3, 0.4) is 0 Å². The van der Waals surface area contributed by atoms with Gasteiger partial charge in [-0.3, -0.25) is 0 Å². The molecule has 3 aliphatic heterocycles. The van der Waals surface area contributed by atoms with E-state index < -0.39 is 0 Å². The third kappa shape index (κ3) is 8.91. The molecule has 0 spiro atoms. The minimum Gasteiger partial charge on any atom is -0.366 e. The lowest BCUT2D eigenvalue weighted by molar-refractivity contribution is 0.169. The highest BCUT2D eigenvalue weighted by Crippen LogP contribution is 2.37. The average Bonchev–Trinajstić information content (AvgIpc) is 2.85. The summed E-state index contributed by atoms with van der Waals surface area (Å²) in [5.74, 6) is 0. The van der Waals surface area contributed by atoms with Gasteiger partial charge >= 0.3 is 0 Å². The Morgan fingerprint density at radius 2 is 1.42 bits per heavy atom. The van der Waals surface area contributed by atoms with E-state index in [-0.39, 0.29) is 0 Å². The first-order valence-electron chi connectivity index (χ1n) is 14.3. The minimum atomic E-state index is 0.416. The van der Waals surface area contributed by atoms with Crippen molar-refractivity contribution in [2.75, 3.05) is 24.5 Å². The number of likely N-dealkylation sites (tertiary alicyclic amines) is 1. The molecule has 190 valence electrons. The largest absolute Gasteiger partial charge is 0.366 e. The highest BCUT2D eigenvalue weighted by Gasteiger charge is 2.35. The van der Waals surface area contributed by atoms with Gasteiger partial charge in [-0.05, 0) is 104 Å². The predicted molar refractivity (Wildman–Crippen MR) is 147 cm³/mol. The SMILES string of the molecule is CC1CCCC(C)N1.CCC1(CC)CCCCN1c1ccccc1.CCN1CCCCC1C. The van der Waals surface area contributed by atoms with Gasteiger partial charge in [-0.1, -0.05) is 51.8 Å². The van der Waals surface area contributed by atoms with Crippen LogP contribution in [0.1, 0.15) is 112 Å². The van der Waals surface area contributed by atoms with Crippen LogP contribution >= 0.6 is 0 Å². The summed E-state index contributed by atoms with van der Waals surface area (Å²) in [5, 5.41) is 3.48. The highest BCUT2D eigenvalue weighted by atomic mass is 15.2. The van der Waals surface area contributed by atoms with Crippen molar-refractivity contribution in [2.24, 2.45) is 0 Å². The van der Waals surface area contributed by atoms with Gasteiger partial charge in [0.15, 0.2) is 0 Å². The Kier molecular flexibility index (Phi) is 12.8. The average molecular weight is 458 g/mol. The van der Waals surface area contributed by atoms with Gasteiger partial charge in [-0.2, -0.15) is 0 Å². The molecule has 33 heavy (non-hydrogen) atoms. The molecule has 4 rings (SSSR count). The van der Waals surface area contributed by atoms with Gasteiger partial charge in [-0.15, -0.1) is 0 Å². The molecule has 3 heterocycles. The Morgan fingerprint density at radius 1 is 0.788 bits per heavy atom. The maximum atomic E-state index is 3.48. The van der Waals surface area contributed by atoms with Crippen LogP contribution in [0.5, 0.6) is 0 Å². The second kappa shape index (κ2) is 15.0. The number of anilines is 1. The summed E-state index contributed by atoms with van der Waals surface area (Å²) in [5.41, 5.74) is 1.82. The number of nitrogens with one attached hydrogen (secondary N) is 1. The molecule has 1 aromatic carbocycles.